The predicted molar refractivity (Wildman–Crippen MR) is 83.4 cm³/mol. The molecule has 0 aromatic heterocycles. The average Bonchev–Trinajstić information content (AvgIpc) is 2.28. The lowest BCUT2D eigenvalue weighted by atomic mass is 10.1. The number of anilines is 1. The van der Waals surface area contributed by atoms with Crippen LogP contribution in [0.15, 0.2) is 18.2 Å². The first-order valence-electron chi connectivity index (χ1n) is 5.48. The Balaban J connectivity index is 2.58. The fourth-order valence-electron chi connectivity index (χ4n) is 1.52. The smallest absolute Gasteiger partial charge is 0.107 e. The summed E-state index contributed by atoms with van der Waals surface area (Å²) in [4.78, 5) is 0.335. The van der Waals surface area contributed by atoms with Gasteiger partial charge in [-0.2, -0.15) is 11.8 Å². The zero-order chi connectivity index (χ0) is 12.7. The maximum absolute atomic E-state index is 6.08. The van der Waals surface area contributed by atoms with Crippen LogP contribution in [0.3, 0.4) is 0 Å². The third-order valence-electron chi connectivity index (χ3n) is 2.35. The van der Waals surface area contributed by atoms with Crippen LogP contribution in [0.1, 0.15) is 18.4 Å². The summed E-state index contributed by atoms with van der Waals surface area (Å²) in [5.74, 6) is 1.19. The summed E-state index contributed by atoms with van der Waals surface area (Å²) < 4.78 is 0. The highest BCUT2D eigenvalue weighted by atomic mass is 35.5. The van der Waals surface area contributed by atoms with Gasteiger partial charge in [-0.25, -0.2) is 0 Å². The second-order valence-electron chi connectivity index (χ2n) is 3.65. The van der Waals surface area contributed by atoms with E-state index >= 15 is 0 Å². The van der Waals surface area contributed by atoms with Crippen molar-refractivity contribution in [1.82, 2.24) is 0 Å². The second-order valence-corrected chi connectivity index (χ2v) is 5.49. The summed E-state index contributed by atoms with van der Waals surface area (Å²) in [6.45, 7) is 0.913. The maximum atomic E-state index is 6.08. The molecule has 0 unspecified atom stereocenters. The molecule has 2 nitrogen and oxygen atoms in total. The van der Waals surface area contributed by atoms with Gasteiger partial charge < -0.3 is 11.1 Å². The molecule has 0 atom stereocenters. The van der Waals surface area contributed by atoms with Gasteiger partial charge in [-0.05, 0) is 37.0 Å². The van der Waals surface area contributed by atoms with Crippen LogP contribution in [-0.4, -0.2) is 23.5 Å². The summed E-state index contributed by atoms with van der Waals surface area (Å²) in [7, 11) is 0. The van der Waals surface area contributed by atoms with E-state index in [1.54, 1.807) is 6.07 Å². The molecule has 5 heteroatoms. The molecular formula is C12H17ClN2S2. The predicted octanol–water partition coefficient (Wildman–Crippen LogP) is 3.53. The van der Waals surface area contributed by atoms with Gasteiger partial charge in [-0.15, -0.1) is 0 Å². The molecule has 0 aliphatic carbocycles. The number of hydrogen-bond donors (Lipinski definition) is 2. The third-order valence-corrected chi connectivity index (χ3v) is 3.57. The zero-order valence-electron chi connectivity index (χ0n) is 9.83. The molecule has 0 aliphatic rings. The first kappa shape index (κ1) is 14.6. The van der Waals surface area contributed by atoms with Crippen molar-refractivity contribution in [3.8, 4) is 0 Å². The van der Waals surface area contributed by atoms with E-state index in [9.17, 15) is 0 Å². The average molecular weight is 289 g/mol. The summed E-state index contributed by atoms with van der Waals surface area (Å²) in [6, 6.07) is 5.65. The molecule has 0 fully saturated rings. The van der Waals surface area contributed by atoms with E-state index in [2.05, 4.69) is 11.6 Å². The lowest BCUT2D eigenvalue weighted by Gasteiger charge is -2.12. The van der Waals surface area contributed by atoms with E-state index in [4.69, 9.17) is 29.6 Å². The highest BCUT2D eigenvalue weighted by Gasteiger charge is 2.08. The largest absolute Gasteiger partial charge is 0.389 e. The Labute approximate surface area is 117 Å². The molecular weight excluding hydrogens is 272 g/mol. The minimum absolute atomic E-state index is 0.335. The van der Waals surface area contributed by atoms with Crippen molar-refractivity contribution >= 4 is 46.3 Å². The zero-order valence-corrected chi connectivity index (χ0v) is 12.2. The highest BCUT2D eigenvalue weighted by Crippen LogP contribution is 2.24. The van der Waals surface area contributed by atoms with Crippen LogP contribution in [0, 0.1) is 0 Å². The van der Waals surface area contributed by atoms with Crippen molar-refractivity contribution in [2.24, 2.45) is 5.73 Å². The van der Waals surface area contributed by atoms with Crippen molar-refractivity contribution in [2.75, 3.05) is 23.9 Å². The standard InChI is InChI=1S/C12H17ClN2S2/c1-17-8-3-2-7-15-10-6-4-5-9(13)11(10)12(14)16/h4-6,15H,2-3,7-8H2,1H3,(H2,14,16). The third kappa shape index (κ3) is 4.74. The van der Waals surface area contributed by atoms with Gasteiger partial charge in [0.05, 0.1) is 10.6 Å². The van der Waals surface area contributed by atoms with Gasteiger partial charge in [0.2, 0.25) is 0 Å². The lowest BCUT2D eigenvalue weighted by molar-refractivity contribution is 0.843. The van der Waals surface area contributed by atoms with Gasteiger partial charge in [-0.1, -0.05) is 29.9 Å². The second kappa shape index (κ2) is 7.80. The Morgan fingerprint density at radius 1 is 1.47 bits per heavy atom. The fraction of sp³-hybridized carbons (Fsp3) is 0.417. The number of rotatable bonds is 7. The van der Waals surface area contributed by atoms with Gasteiger partial charge >= 0.3 is 0 Å². The van der Waals surface area contributed by atoms with Crippen LogP contribution >= 0.6 is 35.6 Å². The number of halogens is 1. The summed E-state index contributed by atoms with van der Waals surface area (Å²) in [6.07, 6.45) is 4.45. The van der Waals surface area contributed by atoms with Crippen molar-refractivity contribution in [1.29, 1.82) is 0 Å². The molecule has 0 bridgehead atoms. The van der Waals surface area contributed by atoms with Crippen LogP contribution in [0.4, 0.5) is 5.69 Å². The van der Waals surface area contributed by atoms with Gasteiger partial charge in [-0.3, -0.25) is 0 Å². The monoisotopic (exact) mass is 288 g/mol. The Kier molecular flexibility index (Phi) is 6.70. The molecule has 94 valence electrons. The number of nitrogens with two attached hydrogens (primary N) is 1. The van der Waals surface area contributed by atoms with Gasteiger partial charge in [0, 0.05) is 12.2 Å². The first-order chi connectivity index (χ1) is 8.16. The summed E-state index contributed by atoms with van der Waals surface area (Å²) in [5.41, 5.74) is 7.34. The number of benzene rings is 1. The van der Waals surface area contributed by atoms with Gasteiger partial charge in [0.15, 0.2) is 0 Å². The van der Waals surface area contributed by atoms with Crippen LogP contribution in [-0.2, 0) is 0 Å². The number of thioether (sulfide) groups is 1. The Morgan fingerprint density at radius 2 is 2.24 bits per heavy atom. The molecule has 0 radical (unpaired) electrons. The molecule has 1 aromatic carbocycles. The van der Waals surface area contributed by atoms with E-state index in [1.807, 2.05) is 23.9 Å². The van der Waals surface area contributed by atoms with Crippen molar-refractivity contribution in [2.45, 2.75) is 12.8 Å². The normalized spacial score (nSPS) is 10.2. The molecule has 17 heavy (non-hydrogen) atoms. The summed E-state index contributed by atoms with van der Waals surface area (Å²) >= 11 is 13.0. The van der Waals surface area contributed by atoms with E-state index in [1.165, 1.54) is 12.2 Å². The van der Waals surface area contributed by atoms with Crippen molar-refractivity contribution in [3.05, 3.63) is 28.8 Å². The summed E-state index contributed by atoms with van der Waals surface area (Å²) in [5, 5.41) is 3.94. The SMILES string of the molecule is CSCCCCNc1cccc(Cl)c1C(N)=S. The maximum Gasteiger partial charge on any atom is 0.107 e. The molecule has 0 saturated carbocycles. The van der Waals surface area contributed by atoms with E-state index in [0.29, 0.717) is 10.0 Å². The van der Waals surface area contributed by atoms with Gasteiger partial charge in [0.1, 0.15) is 4.99 Å². The topological polar surface area (TPSA) is 38.0 Å². The number of hydrogen-bond acceptors (Lipinski definition) is 3. The molecule has 0 spiro atoms. The molecule has 0 aliphatic heterocycles. The van der Waals surface area contributed by atoms with Gasteiger partial charge in [0.25, 0.3) is 0 Å². The lowest BCUT2D eigenvalue weighted by Crippen LogP contribution is -2.14. The number of thiocarbonyl (C=S) groups is 1. The molecule has 1 rings (SSSR count). The number of nitrogens with one attached hydrogen (secondary N) is 1. The molecule has 1 aromatic rings. The quantitative estimate of drug-likeness (QED) is 0.595. The minimum atomic E-state index is 0.335. The highest BCUT2D eigenvalue weighted by molar-refractivity contribution is 7.98. The minimum Gasteiger partial charge on any atom is -0.389 e. The van der Waals surface area contributed by atoms with E-state index < -0.39 is 0 Å². The fourth-order valence-corrected chi connectivity index (χ4v) is 2.56. The molecule has 0 heterocycles. The van der Waals surface area contributed by atoms with Crippen molar-refractivity contribution < 1.29 is 0 Å². The number of unbranched alkanes of at least 4 members (excludes halogenated alkanes) is 1. The van der Waals surface area contributed by atoms with Crippen LogP contribution in [0.2, 0.25) is 5.02 Å². The Morgan fingerprint density at radius 3 is 2.88 bits per heavy atom. The Bertz CT molecular complexity index is 383. The first-order valence-corrected chi connectivity index (χ1v) is 7.66. The van der Waals surface area contributed by atoms with Crippen LogP contribution < -0.4 is 11.1 Å². The van der Waals surface area contributed by atoms with E-state index in [-0.39, 0.29) is 0 Å². The Hall–Kier alpha value is -0.450. The van der Waals surface area contributed by atoms with Crippen LogP contribution in [0.5, 0.6) is 0 Å². The molecule has 3 N–H and O–H groups in total. The van der Waals surface area contributed by atoms with Crippen molar-refractivity contribution in [3.63, 3.8) is 0 Å². The molecule has 0 amide bonds. The van der Waals surface area contributed by atoms with Crippen LogP contribution in [0.25, 0.3) is 0 Å². The van der Waals surface area contributed by atoms with E-state index in [0.717, 1.165) is 24.2 Å². The molecule has 0 saturated heterocycles.